The second kappa shape index (κ2) is 10.3. The van der Waals surface area contributed by atoms with Gasteiger partial charge in [0.15, 0.2) is 0 Å². The van der Waals surface area contributed by atoms with E-state index >= 15 is 0 Å². The minimum Gasteiger partial charge on any atom is -0.507 e. The number of aromatic hydroxyl groups is 1. The largest absolute Gasteiger partial charge is 0.507 e. The third-order valence-electron chi connectivity index (χ3n) is 5.64. The highest BCUT2D eigenvalue weighted by molar-refractivity contribution is 5.91. The molecule has 0 atom stereocenters. The lowest BCUT2D eigenvalue weighted by molar-refractivity contribution is 0.0693. The fraction of sp³-hybridized carbons (Fsp3) is 0.480. The van der Waals surface area contributed by atoms with Crippen molar-refractivity contribution in [3.63, 3.8) is 0 Å². The van der Waals surface area contributed by atoms with Gasteiger partial charge in [-0.25, -0.2) is 4.79 Å². The molecule has 2 aromatic rings. The molecular weight excluding hydrogens is 348 g/mol. The molecule has 28 heavy (non-hydrogen) atoms. The first kappa shape index (κ1) is 22.0. The predicted molar refractivity (Wildman–Crippen MR) is 115 cm³/mol. The summed E-state index contributed by atoms with van der Waals surface area (Å²) in [4.78, 5) is 11.7. The minimum absolute atomic E-state index is 0.000507. The highest BCUT2D eigenvalue weighted by atomic mass is 16.4. The maximum Gasteiger partial charge on any atom is 0.339 e. The molecule has 0 fully saturated rings. The van der Waals surface area contributed by atoms with Crippen molar-refractivity contribution in [3.8, 4) is 5.75 Å². The molecule has 2 N–H and O–H groups in total. The number of hydrogen-bond acceptors (Lipinski definition) is 2. The maximum absolute atomic E-state index is 11.7. The lowest BCUT2D eigenvalue weighted by Gasteiger charge is -2.28. The third-order valence-corrected chi connectivity index (χ3v) is 5.64. The molecule has 152 valence electrons. The number of aromatic carboxylic acids is 1. The molecule has 0 aliphatic carbocycles. The average molecular weight is 383 g/mol. The number of aryl methyl sites for hydroxylation is 1. The number of rotatable bonds is 11. The number of hydrogen-bond donors (Lipinski definition) is 2. The van der Waals surface area contributed by atoms with E-state index < -0.39 is 11.4 Å². The van der Waals surface area contributed by atoms with Crippen molar-refractivity contribution < 1.29 is 15.0 Å². The van der Waals surface area contributed by atoms with Crippen LogP contribution < -0.4 is 0 Å². The zero-order chi connectivity index (χ0) is 20.6. The molecule has 0 saturated carbocycles. The van der Waals surface area contributed by atoms with E-state index in [0.717, 1.165) is 30.4 Å². The van der Waals surface area contributed by atoms with Gasteiger partial charge >= 0.3 is 5.97 Å². The molecule has 0 unspecified atom stereocenters. The molecule has 0 aliphatic rings. The number of carbonyl (C=O) groups is 1. The van der Waals surface area contributed by atoms with Crippen molar-refractivity contribution in [2.45, 2.75) is 77.6 Å². The fourth-order valence-corrected chi connectivity index (χ4v) is 3.77. The highest BCUT2D eigenvalue weighted by Crippen LogP contribution is 2.39. The molecule has 2 aromatic carbocycles. The van der Waals surface area contributed by atoms with E-state index in [9.17, 15) is 15.0 Å². The summed E-state index contributed by atoms with van der Waals surface area (Å²) in [5.41, 5.74) is 2.24. The molecule has 2 rings (SSSR count). The minimum atomic E-state index is -1.08. The van der Waals surface area contributed by atoms with Crippen molar-refractivity contribution in [1.29, 1.82) is 0 Å². The summed E-state index contributed by atoms with van der Waals surface area (Å²) in [6.07, 6.45) is 9.40. The molecular formula is C25H34O3. The maximum atomic E-state index is 11.7. The van der Waals surface area contributed by atoms with Gasteiger partial charge in [0.1, 0.15) is 11.3 Å². The number of benzene rings is 2. The Labute approximate surface area is 169 Å². The van der Waals surface area contributed by atoms with Gasteiger partial charge in [0.2, 0.25) is 0 Å². The Kier molecular flexibility index (Phi) is 8.10. The van der Waals surface area contributed by atoms with E-state index in [2.05, 4.69) is 6.92 Å². The van der Waals surface area contributed by atoms with Crippen molar-refractivity contribution in [2.24, 2.45) is 0 Å². The first-order chi connectivity index (χ1) is 13.4. The molecule has 0 heterocycles. The quantitative estimate of drug-likeness (QED) is 0.425. The molecule has 0 saturated heterocycles. The van der Waals surface area contributed by atoms with E-state index in [1.165, 1.54) is 32.1 Å². The molecule has 0 bridgehead atoms. The zero-order valence-corrected chi connectivity index (χ0v) is 17.5. The lowest BCUT2D eigenvalue weighted by atomic mass is 9.76. The number of carboxylic acids is 1. The van der Waals surface area contributed by atoms with E-state index in [-0.39, 0.29) is 11.3 Å². The van der Waals surface area contributed by atoms with Crippen LogP contribution in [0.5, 0.6) is 5.75 Å². The van der Waals surface area contributed by atoms with Crippen molar-refractivity contribution in [3.05, 3.63) is 64.7 Å². The van der Waals surface area contributed by atoms with E-state index in [1.54, 1.807) is 6.07 Å². The van der Waals surface area contributed by atoms with Gasteiger partial charge in [0.05, 0.1) is 0 Å². The molecule has 0 aromatic heterocycles. The SMILES string of the molecule is CCCCCCCCCc1cc(C(=O)O)c(O)c(C(C)(C)c2ccccc2)c1. The van der Waals surface area contributed by atoms with Crippen molar-refractivity contribution >= 4 is 5.97 Å². The molecule has 0 amide bonds. The van der Waals surface area contributed by atoms with Gasteiger partial charge in [-0.1, -0.05) is 95.7 Å². The van der Waals surface area contributed by atoms with Crippen LogP contribution in [-0.2, 0) is 11.8 Å². The van der Waals surface area contributed by atoms with Crippen LogP contribution >= 0.6 is 0 Å². The molecule has 0 radical (unpaired) electrons. The third kappa shape index (κ3) is 5.60. The Morgan fingerprint density at radius 3 is 2.14 bits per heavy atom. The second-order valence-electron chi connectivity index (χ2n) is 8.21. The first-order valence-corrected chi connectivity index (χ1v) is 10.5. The standard InChI is InChI=1S/C25H34O3/c1-4-5-6-7-8-9-11-14-19-17-21(24(27)28)23(26)22(18-19)25(2,3)20-15-12-10-13-16-20/h10,12-13,15-18,26H,4-9,11,14H2,1-3H3,(H,27,28). The van der Waals surface area contributed by atoms with Crippen LogP contribution in [0.2, 0.25) is 0 Å². The molecule has 3 nitrogen and oxygen atoms in total. The Morgan fingerprint density at radius 2 is 1.54 bits per heavy atom. The van der Waals surface area contributed by atoms with Crippen LogP contribution in [0, 0.1) is 0 Å². The Hall–Kier alpha value is -2.29. The van der Waals surface area contributed by atoms with Crippen LogP contribution in [0.15, 0.2) is 42.5 Å². The van der Waals surface area contributed by atoms with Gasteiger partial charge in [0.25, 0.3) is 0 Å². The summed E-state index contributed by atoms with van der Waals surface area (Å²) in [5.74, 6) is -1.20. The van der Waals surface area contributed by atoms with Gasteiger partial charge < -0.3 is 10.2 Å². The number of phenols is 1. The Bertz CT molecular complexity index is 763. The predicted octanol–water partition coefficient (Wildman–Crippen LogP) is 6.71. The van der Waals surface area contributed by atoms with Crippen LogP contribution in [0.1, 0.15) is 92.8 Å². The van der Waals surface area contributed by atoms with Crippen LogP contribution in [0.25, 0.3) is 0 Å². The normalized spacial score (nSPS) is 11.5. The van der Waals surface area contributed by atoms with E-state index in [1.807, 2.05) is 50.2 Å². The summed E-state index contributed by atoms with van der Waals surface area (Å²) >= 11 is 0. The summed E-state index contributed by atoms with van der Waals surface area (Å²) in [7, 11) is 0. The van der Waals surface area contributed by atoms with Crippen molar-refractivity contribution in [1.82, 2.24) is 0 Å². The fourth-order valence-electron chi connectivity index (χ4n) is 3.77. The molecule has 0 aliphatic heterocycles. The Balaban J connectivity index is 2.20. The van der Waals surface area contributed by atoms with Gasteiger partial charge in [-0.3, -0.25) is 0 Å². The van der Waals surface area contributed by atoms with Gasteiger partial charge in [-0.15, -0.1) is 0 Å². The number of carboxylic acid groups (broad SMARTS) is 1. The average Bonchev–Trinajstić information content (AvgIpc) is 2.68. The smallest absolute Gasteiger partial charge is 0.339 e. The van der Waals surface area contributed by atoms with Gasteiger partial charge in [-0.05, 0) is 30.0 Å². The summed E-state index contributed by atoms with van der Waals surface area (Å²) in [6, 6.07) is 13.6. The van der Waals surface area contributed by atoms with Crippen LogP contribution in [0.4, 0.5) is 0 Å². The highest BCUT2D eigenvalue weighted by Gasteiger charge is 2.29. The van der Waals surface area contributed by atoms with Crippen molar-refractivity contribution in [2.75, 3.05) is 0 Å². The zero-order valence-electron chi connectivity index (χ0n) is 17.5. The summed E-state index contributed by atoms with van der Waals surface area (Å²) in [5, 5.41) is 20.3. The summed E-state index contributed by atoms with van der Waals surface area (Å²) in [6.45, 7) is 6.28. The molecule has 3 heteroatoms. The van der Waals surface area contributed by atoms with E-state index in [4.69, 9.17) is 0 Å². The monoisotopic (exact) mass is 382 g/mol. The summed E-state index contributed by atoms with van der Waals surface area (Å²) < 4.78 is 0. The van der Waals surface area contributed by atoms with E-state index in [0.29, 0.717) is 5.56 Å². The number of unbranched alkanes of at least 4 members (excludes halogenated alkanes) is 6. The van der Waals surface area contributed by atoms with Gasteiger partial charge in [-0.2, -0.15) is 0 Å². The Morgan fingerprint density at radius 1 is 0.929 bits per heavy atom. The van der Waals surface area contributed by atoms with Crippen LogP contribution in [-0.4, -0.2) is 16.2 Å². The molecule has 0 spiro atoms. The lowest BCUT2D eigenvalue weighted by Crippen LogP contribution is -2.20. The topological polar surface area (TPSA) is 57.5 Å². The first-order valence-electron chi connectivity index (χ1n) is 10.5. The van der Waals surface area contributed by atoms with Crippen LogP contribution in [0.3, 0.4) is 0 Å². The van der Waals surface area contributed by atoms with Gasteiger partial charge in [0, 0.05) is 11.0 Å². The second-order valence-corrected chi connectivity index (χ2v) is 8.21.